The molecule has 3 atom stereocenters. The fourth-order valence-corrected chi connectivity index (χ4v) is 1.63. The summed E-state index contributed by atoms with van der Waals surface area (Å²) in [5, 5.41) is 25.5. The van der Waals surface area contributed by atoms with Crippen LogP contribution in [0.3, 0.4) is 0 Å². The fraction of sp³-hybridized carbons (Fsp3) is 0.667. The summed E-state index contributed by atoms with van der Waals surface area (Å²) in [5.74, 6) is -1.04. The number of urea groups is 1. The third-order valence-electron chi connectivity index (χ3n) is 2.26. The number of carboxylic acids is 1. The topological polar surface area (TPSA) is 111 Å². The largest absolute Gasteiger partial charge is 0.480 e. The van der Waals surface area contributed by atoms with Gasteiger partial charge in [-0.15, -0.1) is 0 Å². The van der Waals surface area contributed by atoms with Gasteiger partial charge in [-0.2, -0.15) is 0 Å². The molecular weight excluding hydrogens is 178 g/mol. The Labute approximate surface area is 73.1 Å². The average Bonchev–Trinajstić information content (AvgIpc) is 2.38. The highest BCUT2D eigenvalue weighted by atomic mass is 16.4. The number of hydrogen-bond donors (Lipinski definition) is 5. The quantitative estimate of drug-likeness (QED) is 0.319. The molecule has 7 nitrogen and oxygen atoms in total. The molecule has 2 saturated heterocycles. The third kappa shape index (κ3) is 1.12. The van der Waals surface area contributed by atoms with Crippen LogP contribution in [0, 0.1) is 0 Å². The lowest BCUT2D eigenvalue weighted by molar-refractivity contribution is -0.139. The smallest absolute Gasteiger partial charge is 0.320 e. The second-order valence-corrected chi connectivity index (χ2v) is 3.22. The number of amides is 2. The van der Waals surface area contributed by atoms with Crippen molar-refractivity contribution in [3.05, 3.63) is 0 Å². The van der Waals surface area contributed by atoms with E-state index in [4.69, 9.17) is 5.11 Å². The summed E-state index contributed by atoms with van der Waals surface area (Å²) in [6, 6.07) is -1.33. The highest BCUT2D eigenvalue weighted by Crippen LogP contribution is 2.24. The molecule has 0 aromatic rings. The summed E-state index contributed by atoms with van der Waals surface area (Å²) >= 11 is 0. The zero-order valence-electron chi connectivity index (χ0n) is 6.57. The summed E-state index contributed by atoms with van der Waals surface area (Å²) < 4.78 is 0. The van der Waals surface area contributed by atoms with Crippen LogP contribution in [0.2, 0.25) is 0 Å². The zero-order chi connectivity index (χ0) is 9.64. The zero-order valence-corrected chi connectivity index (χ0v) is 6.57. The van der Waals surface area contributed by atoms with Gasteiger partial charge in [-0.3, -0.25) is 10.1 Å². The molecule has 2 rings (SSSR count). The van der Waals surface area contributed by atoms with E-state index in [1.54, 1.807) is 0 Å². The van der Waals surface area contributed by atoms with E-state index in [-0.39, 0.29) is 6.42 Å². The highest BCUT2D eigenvalue weighted by Gasteiger charge is 2.54. The van der Waals surface area contributed by atoms with Gasteiger partial charge in [0.1, 0.15) is 12.2 Å². The minimum absolute atomic E-state index is 0.0360. The van der Waals surface area contributed by atoms with Gasteiger partial charge in [0.25, 0.3) is 0 Å². The van der Waals surface area contributed by atoms with Gasteiger partial charge in [-0.25, -0.2) is 4.79 Å². The Hall–Kier alpha value is -1.34. The van der Waals surface area contributed by atoms with Crippen molar-refractivity contribution in [3.63, 3.8) is 0 Å². The number of aliphatic hydroxyl groups is 1. The highest BCUT2D eigenvalue weighted by molar-refractivity contribution is 5.80. The van der Waals surface area contributed by atoms with Crippen LogP contribution in [0.5, 0.6) is 0 Å². The van der Waals surface area contributed by atoms with Crippen LogP contribution in [-0.4, -0.2) is 40.1 Å². The summed E-state index contributed by atoms with van der Waals surface area (Å²) in [4.78, 5) is 21.3. The molecule has 72 valence electrons. The lowest BCUT2D eigenvalue weighted by atomic mass is 10.1. The van der Waals surface area contributed by atoms with Crippen molar-refractivity contribution in [1.82, 2.24) is 16.0 Å². The molecule has 2 aliphatic rings. The number of fused-ring (bicyclic) bond motifs is 1. The van der Waals surface area contributed by atoms with E-state index in [1.807, 2.05) is 0 Å². The van der Waals surface area contributed by atoms with Gasteiger partial charge in [-0.1, -0.05) is 0 Å². The van der Waals surface area contributed by atoms with Gasteiger partial charge in [0.05, 0.1) is 0 Å². The van der Waals surface area contributed by atoms with E-state index in [0.29, 0.717) is 0 Å². The molecule has 3 unspecified atom stereocenters. The van der Waals surface area contributed by atoms with Crippen LogP contribution in [0.15, 0.2) is 0 Å². The molecular formula is C6H9N3O4. The number of rotatable bonds is 1. The van der Waals surface area contributed by atoms with E-state index < -0.39 is 29.9 Å². The second kappa shape index (κ2) is 2.33. The molecule has 7 heteroatoms. The molecule has 0 saturated carbocycles. The van der Waals surface area contributed by atoms with Gasteiger partial charge in [-0.05, 0) is 0 Å². The molecule has 5 N–H and O–H groups in total. The van der Waals surface area contributed by atoms with Gasteiger partial charge in [0.2, 0.25) is 0 Å². The standard InChI is InChI=1S/C6H9N3O4/c10-3(11)2-1-6(13)4(7-2)8-5(12)9-6/h2,4,7,13H,1H2,(H,10,11)(H2,8,9,12). The normalized spacial score (nSPS) is 42.4. The number of aliphatic carboxylic acids is 1. The molecule has 0 spiro atoms. The molecule has 0 aromatic heterocycles. The number of carboxylic acid groups (broad SMARTS) is 1. The maximum atomic E-state index is 10.8. The predicted molar refractivity (Wildman–Crippen MR) is 39.6 cm³/mol. The van der Waals surface area contributed by atoms with Crippen LogP contribution < -0.4 is 16.0 Å². The fourth-order valence-electron chi connectivity index (χ4n) is 1.63. The van der Waals surface area contributed by atoms with Crippen LogP contribution in [0.4, 0.5) is 4.79 Å². The van der Waals surface area contributed by atoms with Crippen molar-refractivity contribution in [3.8, 4) is 0 Å². The molecule has 0 radical (unpaired) electrons. The van der Waals surface area contributed by atoms with Crippen LogP contribution in [0.1, 0.15) is 6.42 Å². The minimum Gasteiger partial charge on any atom is -0.480 e. The van der Waals surface area contributed by atoms with Gasteiger partial charge in [0, 0.05) is 6.42 Å². The maximum Gasteiger partial charge on any atom is 0.320 e. The number of carbonyl (C=O) groups is 2. The number of carbonyl (C=O) groups excluding carboxylic acids is 1. The molecule has 13 heavy (non-hydrogen) atoms. The van der Waals surface area contributed by atoms with Crippen LogP contribution in [0.25, 0.3) is 0 Å². The molecule has 2 fully saturated rings. The monoisotopic (exact) mass is 187 g/mol. The van der Waals surface area contributed by atoms with Crippen LogP contribution >= 0.6 is 0 Å². The van der Waals surface area contributed by atoms with E-state index in [1.165, 1.54) is 0 Å². The van der Waals surface area contributed by atoms with Crippen molar-refractivity contribution in [1.29, 1.82) is 0 Å². The first-order valence-electron chi connectivity index (χ1n) is 3.81. The summed E-state index contributed by atoms with van der Waals surface area (Å²) in [7, 11) is 0. The molecule has 0 bridgehead atoms. The van der Waals surface area contributed by atoms with Crippen molar-refractivity contribution in [2.24, 2.45) is 0 Å². The first kappa shape index (κ1) is 8.27. The van der Waals surface area contributed by atoms with E-state index >= 15 is 0 Å². The molecule has 0 aliphatic carbocycles. The first-order chi connectivity index (χ1) is 6.01. The predicted octanol–water partition coefficient (Wildman–Crippen LogP) is -2.24. The van der Waals surface area contributed by atoms with E-state index in [2.05, 4.69) is 16.0 Å². The minimum atomic E-state index is -1.47. The Balaban J connectivity index is 2.14. The molecule has 2 aliphatic heterocycles. The van der Waals surface area contributed by atoms with Crippen molar-refractivity contribution >= 4 is 12.0 Å². The van der Waals surface area contributed by atoms with Gasteiger partial charge in [0.15, 0.2) is 5.72 Å². The van der Waals surface area contributed by atoms with Crippen LogP contribution in [-0.2, 0) is 4.79 Å². The third-order valence-corrected chi connectivity index (χ3v) is 2.26. The Bertz CT molecular complexity index is 281. The van der Waals surface area contributed by atoms with Crippen molar-refractivity contribution in [2.75, 3.05) is 0 Å². The van der Waals surface area contributed by atoms with Crippen molar-refractivity contribution in [2.45, 2.75) is 24.4 Å². The second-order valence-electron chi connectivity index (χ2n) is 3.22. The van der Waals surface area contributed by atoms with Crippen molar-refractivity contribution < 1.29 is 19.8 Å². The van der Waals surface area contributed by atoms with E-state index in [0.717, 1.165) is 0 Å². The van der Waals surface area contributed by atoms with Gasteiger partial charge >= 0.3 is 12.0 Å². The number of hydrogen-bond acceptors (Lipinski definition) is 4. The summed E-state index contributed by atoms with van der Waals surface area (Å²) in [6.45, 7) is 0. The Morgan fingerprint density at radius 3 is 2.85 bits per heavy atom. The Morgan fingerprint density at radius 1 is 1.62 bits per heavy atom. The lowest BCUT2D eigenvalue weighted by Crippen LogP contribution is -2.49. The first-order valence-corrected chi connectivity index (χ1v) is 3.81. The summed E-state index contributed by atoms with van der Waals surface area (Å²) in [6.07, 6.45) is -0.757. The molecule has 0 aromatic carbocycles. The SMILES string of the molecule is O=C1NC2NC(C(=O)O)CC2(O)N1. The summed E-state index contributed by atoms with van der Waals surface area (Å²) in [5.41, 5.74) is -1.47. The molecule has 2 amide bonds. The maximum absolute atomic E-state index is 10.8. The number of nitrogens with one attached hydrogen (secondary N) is 3. The van der Waals surface area contributed by atoms with E-state index in [9.17, 15) is 14.7 Å². The lowest BCUT2D eigenvalue weighted by Gasteiger charge is -2.18. The molecule has 2 heterocycles. The average molecular weight is 187 g/mol. The Morgan fingerprint density at radius 2 is 2.31 bits per heavy atom. The Kier molecular flexibility index (Phi) is 1.48. The van der Waals surface area contributed by atoms with Gasteiger partial charge < -0.3 is 20.8 Å².